The summed E-state index contributed by atoms with van der Waals surface area (Å²) < 4.78 is 37.1. The van der Waals surface area contributed by atoms with Crippen LogP contribution in [0.25, 0.3) is 0 Å². The van der Waals surface area contributed by atoms with Crippen LogP contribution in [-0.4, -0.2) is 29.5 Å². The number of nitrogens with zero attached hydrogens (tertiary/aromatic N) is 3. The summed E-state index contributed by atoms with van der Waals surface area (Å²) in [5.41, 5.74) is 10.1. The summed E-state index contributed by atoms with van der Waals surface area (Å²) in [6.45, 7) is -0.270. The highest BCUT2D eigenvalue weighted by molar-refractivity contribution is 5.79. The van der Waals surface area contributed by atoms with Crippen LogP contribution in [0, 0.1) is 0 Å². The van der Waals surface area contributed by atoms with Gasteiger partial charge in [0.15, 0.2) is 0 Å². The third-order valence-corrected chi connectivity index (χ3v) is 1.77. The van der Waals surface area contributed by atoms with Gasteiger partial charge in [0.05, 0.1) is 6.54 Å². The molecule has 0 aliphatic rings. The number of primary amides is 1. The number of rotatable bonds is 3. The van der Waals surface area contributed by atoms with Crippen LogP contribution in [0.5, 0.6) is 0 Å². The number of carbonyl (C=O) groups is 1. The fourth-order valence-corrected chi connectivity index (χ4v) is 1.09. The fraction of sp³-hybridized carbons (Fsp3) is 0.375. The van der Waals surface area contributed by atoms with E-state index in [0.29, 0.717) is 0 Å². The van der Waals surface area contributed by atoms with Crippen molar-refractivity contribution < 1.29 is 18.0 Å². The molecule has 0 saturated carbocycles. The Balaban J connectivity index is 3.09. The van der Waals surface area contributed by atoms with Crippen molar-refractivity contribution in [1.82, 2.24) is 9.97 Å². The zero-order valence-electron chi connectivity index (χ0n) is 8.82. The van der Waals surface area contributed by atoms with Gasteiger partial charge in [0.2, 0.25) is 11.7 Å². The van der Waals surface area contributed by atoms with Crippen LogP contribution in [-0.2, 0) is 11.0 Å². The SMILES string of the molecule is CN(CC(N)=O)c1cc(N)nc(C(F)(F)F)n1. The van der Waals surface area contributed by atoms with Crippen LogP contribution in [0.4, 0.5) is 24.8 Å². The molecule has 17 heavy (non-hydrogen) atoms. The van der Waals surface area contributed by atoms with Gasteiger partial charge in [-0.1, -0.05) is 0 Å². The van der Waals surface area contributed by atoms with E-state index in [1.807, 2.05) is 0 Å². The Bertz CT molecular complexity index is 434. The molecular weight excluding hydrogens is 239 g/mol. The molecule has 0 unspecified atom stereocenters. The molecule has 0 aliphatic carbocycles. The predicted octanol–water partition coefficient (Wildman–Crippen LogP) is -0.000900. The average molecular weight is 249 g/mol. The van der Waals surface area contributed by atoms with Gasteiger partial charge in [0, 0.05) is 13.1 Å². The molecule has 0 bridgehead atoms. The summed E-state index contributed by atoms with van der Waals surface area (Å²) >= 11 is 0. The molecule has 1 rings (SSSR count). The topological polar surface area (TPSA) is 98.1 Å². The molecule has 1 aromatic heterocycles. The standard InChI is InChI=1S/C8H10F3N5O/c1-16(3-5(13)17)6-2-4(12)14-7(15-6)8(9,10)11/h2H,3H2,1H3,(H2,13,17)(H2,12,14,15). The Morgan fingerprint density at radius 1 is 1.47 bits per heavy atom. The van der Waals surface area contributed by atoms with Crippen molar-refractivity contribution in [2.45, 2.75) is 6.18 Å². The van der Waals surface area contributed by atoms with Crippen molar-refractivity contribution in [2.24, 2.45) is 5.73 Å². The van der Waals surface area contributed by atoms with Crippen LogP contribution in [0.15, 0.2) is 6.07 Å². The van der Waals surface area contributed by atoms with Crippen molar-refractivity contribution in [2.75, 3.05) is 24.2 Å². The lowest BCUT2D eigenvalue weighted by molar-refractivity contribution is -0.144. The van der Waals surface area contributed by atoms with E-state index >= 15 is 0 Å². The number of alkyl halides is 3. The molecule has 6 nitrogen and oxygen atoms in total. The van der Waals surface area contributed by atoms with Gasteiger partial charge in [-0.05, 0) is 0 Å². The molecule has 1 heterocycles. The van der Waals surface area contributed by atoms with Gasteiger partial charge in [-0.2, -0.15) is 13.2 Å². The molecule has 4 N–H and O–H groups in total. The number of hydrogen-bond acceptors (Lipinski definition) is 5. The highest BCUT2D eigenvalue weighted by Gasteiger charge is 2.35. The van der Waals surface area contributed by atoms with Crippen LogP contribution < -0.4 is 16.4 Å². The number of nitrogens with two attached hydrogens (primary N) is 2. The molecule has 0 atom stereocenters. The summed E-state index contributed by atoms with van der Waals surface area (Å²) in [5.74, 6) is -2.51. The number of anilines is 2. The lowest BCUT2D eigenvalue weighted by atomic mass is 10.4. The lowest BCUT2D eigenvalue weighted by Gasteiger charge is -2.17. The van der Waals surface area contributed by atoms with Crippen molar-refractivity contribution in [3.63, 3.8) is 0 Å². The van der Waals surface area contributed by atoms with Gasteiger partial charge in [-0.25, -0.2) is 9.97 Å². The second-order valence-electron chi connectivity index (χ2n) is 3.29. The first-order valence-electron chi connectivity index (χ1n) is 4.41. The van der Waals surface area contributed by atoms with E-state index in [0.717, 1.165) is 11.0 Å². The molecule has 1 amide bonds. The lowest BCUT2D eigenvalue weighted by Crippen LogP contribution is -2.31. The zero-order chi connectivity index (χ0) is 13.2. The molecule has 0 saturated heterocycles. The molecule has 0 radical (unpaired) electrons. The fourth-order valence-electron chi connectivity index (χ4n) is 1.09. The minimum atomic E-state index is -4.70. The van der Waals surface area contributed by atoms with Crippen LogP contribution in [0.3, 0.4) is 0 Å². The number of carbonyl (C=O) groups excluding carboxylic acids is 1. The first kappa shape index (κ1) is 13.0. The Kier molecular flexibility index (Phi) is 3.39. The summed E-state index contributed by atoms with van der Waals surface area (Å²) in [6, 6.07) is 1.12. The second-order valence-corrected chi connectivity index (χ2v) is 3.29. The molecule has 1 aromatic rings. The molecule has 9 heteroatoms. The van der Waals surface area contributed by atoms with E-state index in [2.05, 4.69) is 9.97 Å². The second kappa shape index (κ2) is 4.44. The quantitative estimate of drug-likeness (QED) is 0.785. The molecule has 0 fully saturated rings. The van der Waals surface area contributed by atoms with E-state index < -0.39 is 17.9 Å². The van der Waals surface area contributed by atoms with Crippen molar-refractivity contribution >= 4 is 17.5 Å². The van der Waals surface area contributed by atoms with E-state index in [1.165, 1.54) is 7.05 Å². The first-order chi connectivity index (χ1) is 7.70. The summed E-state index contributed by atoms with van der Waals surface area (Å²) in [7, 11) is 1.37. The maximum Gasteiger partial charge on any atom is 0.451 e. The van der Waals surface area contributed by atoms with Gasteiger partial charge in [-0.3, -0.25) is 4.79 Å². The maximum atomic E-state index is 12.4. The number of likely N-dealkylation sites (N-methyl/N-ethyl adjacent to an activating group) is 1. The normalized spacial score (nSPS) is 11.3. The Morgan fingerprint density at radius 3 is 2.53 bits per heavy atom. The summed E-state index contributed by atoms with van der Waals surface area (Å²) in [6.07, 6.45) is -4.70. The van der Waals surface area contributed by atoms with Crippen LogP contribution in [0.2, 0.25) is 0 Å². The first-order valence-corrected chi connectivity index (χ1v) is 4.41. The molecule has 94 valence electrons. The molecule has 0 spiro atoms. The van der Waals surface area contributed by atoms with Crippen molar-refractivity contribution in [3.05, 3.63) is 11.9 Å². The van der Waals surface area contributed by atoms with Gasteiger partial charge in [0.25, 0.3) is 0 Å². The third-order valence-electron chi connectivity index (χ3n) is 1.77. The van der Waals surface area contributed by atoms with Crippen molar-refractivity contribution in [3.8, 4) is 0 Å². The summed E-state index contributed by atoms with van der Waals surface area (Å²) in [5, 5.41) is 0. The van der Waals surface area contributed by atoms with Gasteiger partial charge in [-0.15, -0.1) is 0 Å². The Labute approximate surface area is 94.4 Å². The largest absolute Gasteiger partial charge is 0.451 e. The Hall–Kier alpha value is -2.06. The van der Waals surface area contributed by atoms with Crippen LogP contribution >= 0.6 is 0 Å². The third kappa shape index (κ3) is 3.47. The minimum Gasteiger partial charge on any atom is -0.384 e. The number of halogens is 3. The number of nitrogen functional groups attached to an aromatic ring is 1. The molecule has 0 aliphatic heterocycles. The van der Waals surface area contributed by atoms with Crippen LogP contribution in [0.1, 0.15) is 5.82 Å². The monoisotopic (exact) mass is 249 g/mol. The number of amides is 1. The number of aromatic nitrogens is 2. The minimum absolute atomic E-state index is 0.122. The molecular formula is C8H10F3N5O. The Morgan fingerprint density at radius 2 is 2.06 bits per heavy atom. The van der Waals surface area contributed by atoms with Gasteiger partial charge in [0.1, 0.15) is 11.6 Å². The molecule has 0 aromatic carbocycles. The summed E-state index contributed by atoms with van der Waals surface area (Å²) in [4.78, 5) is 18.1. The maximum absolute atomic E-state index is 12.4. The number of hydrogen-bond donors (Lipinski definition) is 2. The average Bonchev–Trinajstić information content (AvgIpc) is 2.14. The highest BCUT2D eigenvalue weighted by atomic mass is 19.4. The highest BCUT2D eigenvalue weighted by Crippen LogP contribution is 2.28. The van der Waals surface area contributed by atoms with E-state index in [4.69, 9.17) is 11.5 Å². The van der Waals surface area contributed by atoms with Gasteiger partial charge >= 0.3 is 6.18 Å². The van der Waals surface area contributed by atoms with E-state index in [-0.39, 0.29) is 18.2 Å². The van der Waals surface area contributed by atoms with Crippen molar-refractivity contribution in [1.29, 1.82) is 0 Å². The van der Waals surface area contributed by atoms with Gasteiger partial charge < -0.3 is 16.4 Å². The zero-order valence-corrected chi connectivity index (χ0v) is 8.82. The van der Waals surface area contributed by atoms with E-state index in [9.17, 15) is 18.0 Å². The smallest absolute Gasteiger partial charge is 0.384 e. The predicted molar refractivity (Wildman–Crippen MR) is 53.9 cm³/mol. The van der Waals surface area contributed by atoms with E-state index in [1.54, 1.807) is 0 Å².